The monoisotopic (exact) mass is 303 g/mol. The molecule has 0 atom stereocenters. The molecule has 3 rings (SSSR count). The third-order valence-corrected chi connectivity index (χ3v) is 3.15. The lowest BCUT2D eigenvalue weighted by Crippen LogP contribution is -2.12. The van der Waals surface area contributed by atoms with Crippen molar-refractivity contribution in [3.63, 3.8) is 0 Å². The van der Waals surface area contributed by atoms with E-state index < -0.39 is 0 Å². The first kappa shape index (κ1) is 11.1. The van der Waals surface area contributed by atoms with E-state index in [1.54, 1.807) is 12.1 Å². The van der Waals surface area contributed by atoms with Crippen LogP contribution in [-0.4, -0.2) is 16.6 Å². The summed E-state index contributed by atoms with van der Waals surface area (Å²) in [7, 11) is 0. The molecule has 0 spiro atoms. The molecule has 0 aliphatic heterocycles. The molecule has 18 heavy (non-hydrogen) atoms. The lowest BCUT2D eigenvalue weighted by molar-refractivity contribution is 0.0972. The number of oxazole rings is 1. The Labute approximate surface area is 110 Å². The molecular formula is C13H6BrNO3. The molecule has 0 radical (unpaired) electrons. The van der Waals surface area contributed by atoms with E-state index in [9.17, 15) is 9.59 Å². The molecule has 1 aromatic heterocycles. The van der Waals surface area contributed by atoms with Gasteiger partial charge in [0.1, 0.15) is 0 Å². The van der Waals surface area contributed by atoms with E-state index in [4.69, 9.17) is 4.42 Å². The number of ketones is 2. The van der Waals surface area contributed by atoms with E-state index in [1.165, 1.54) is 6.08 Å². The van der Waals surface area contributed by atoms with Crippen molar-refractivity contribution in [2.75, 3.05) is 0 Å². The van der Waals surface area contributed by atoms with Gasteiger partial charge in [-0.1, -0.05) is 18.2 Å². The summed E-state index contributed by atoms with van der Waals surface area (Å²) >= 11 is 3.03. The summed E-state index contributed by atoms with van der Waals surface area (Å²) in [5, 5.41) is 0. The number of hydrogen-bond donors (Lipinski definition) is 0. The van der Waals surface area contributed by atoms with Gasteiger partial charge in [-0.2, -0.15) is 0 Å². The zero-order chi connectivity index (χ0) is 12.7. The Hall–Kier alpha value is -2.01. The van der Waals surface area contributed by atoms with Crippen LogP contribution in [0.5, 0.6) is 0 Å². The first-order valence-electron chi connectivity index (χ1n) is 5.19. The average molecular weight is 304 g/mol. The molecule has 0 bridgehead atoms. The Morgan fingerprint density at radius 1 is 1.11 bits per heavy atom. The van der Waals surface area contributed by atoms with Crippen LogP contribution < -0.4 is 0 Å². The molecule has 0 N–H and O–H groups in total. The molecule has 88 valence electrons. The Bertz CT molecular complexity index is 686. The van der Waals surface area contributed by atoms with E-state index in [1.807, 2.05) is 18.2 Å². The van der Waals surface area contributed by atoms with Gasteiger partial charge in [-0.15, -0.1) is 0 Å². The predicted octanol–water partition coefficient (Wildman–Crippen LogP) is 3.00. The van der Waals surface area contributed by atoms with Gasteiger partial charge >= 0.3 is 0 Å². The standard InChI is InChI=1S/C13H6BrNO3/c14-8-6-9(16)10-12(11(8)17)18-13(15-10)7-4-2-1-3-5-7/h1-6H. The number of benzene rings is 1. The summed E-state index contributed by atoms with van der Waals surface area (Å²) in [5.74, 6) is -0.423. The fourth-order valence-electron chi connectivity index (χ4n) is 1.70. The summed E-state index contributed by atoms with van der Waals surface area (Å²) in [5.41, 5.74) is 0.797. The van der Waals surface area contributed by atoms with Crippen LogP contribution >= 0.6 is 15.9 Å². The van der Waals surface area contributed by atoms with Gasteiger partial charge in [0, 0.05) is 11.6 Å². The van der Waals surface area contributed by atoms with Gasteiger partial charge in [0.15, 0.2) is 5.69 Å². The molecule has 0 fully saturated rings. The number of carbonyl (C=O) groups is 2. The van der Waals surface area contributed by atoms with Crippen LogP contribution in [0.3, 0.4) is 0 Å². The molecule has 1 heterocycles. The highest BCUT2D eigenvalue weighted by Crippen LogP contribution is 2.28. The van der Waals surface area contributed by atoms with Gasteiger partial charge in [-0.25, -0.2) is 4.98 Å². The molecule has 0 amide bonds. The normalized spacial score (nSPS) is 14.4. The van der Waals surface area contributed by atoms with E-state index in [0.29, 0.717) is 0 Å². The van der Waals surface area contributed by atoms with Crippen molar-refractivity contribution < 1.29 is 14.0 Å². The number of hydrogen-bond acceptors (Lipinski definition) is 4. The molecule has 0 saturated heterocycles. The predicted molar refractivity (Wildman–Crippen MR) is 67.6 cm³/mol. The molecule has 4 nitrogen and oxygen atoms in total. The van der Waals surface area contributed by atoms with Gasteiger partial charge in [0.05, 0.1) is 4.48 Å². The number of halogens is 1. The van der Waals surface area contributed by atoms with Gasteiger partial charge in [-0.3, -0.25) is 9.59 Å². The van der Waals surface area contributed by atoms with Crippen LogP contribution in [0.25, 0.3) is 11.5 Å². The molecule has 1 aliphatic carbocycles. The van der Waals surface area contributed by atoms with Gasteiger partial charge in [-0.05, 0) is 28.1 Å². The second-order valence-corrected chi connectivity index (χ2v) is 4.60. The lowest BCUT2D eigenvalue weighted by Gasteiger charge is -2.01. The van der Waals surface area contributed by atoms with Gasteiger partial charge < -0.3 is 4.42 Å². The molecule has 0 unspecified atom stereocenters. The number of nitrogens with zero attached hydrogens (tertiary/aromatic N) is 1. The van der Waals surface area contributed by atoms with Crippen LogP contribution in [0.1, 0.15) is 21.0 Å². The minimum atomic E-state index is -0.362. The third-order valence-electron chi connectivity index (χ3n) is 2.56. The SMILES string of the molecule is O=C1C=C(Br)C(=O)c2oc(-c3ccccc3)nc21. The fourth-order valence-corrected chi connectivity index (χ4v) is 2.09. The summed E-state index contributed by atoms with van der Waals surface area (Å²) in [6, 6.07) is 9.12. The summed E-state index contributed by atoms with van der Waals surface area (Å²) in [4.78, 5) is 27.6. The Morgan fingerprint density at radius 2 is 1.83 bits per heavy atom. The van der Waals surface area contributed by atoms with Crippen LogP contribution in [0.2, 0.25) is 0 Å². The van der Waals surface area contributed by atoms with E-state index in [2.05, 4.69) is 20.9 Å². The number of allylic oxidation sites excluding steroid dienone is 2. The zero-order valence-electron chi connectivity index (χ0n) is 9.01. The van der Waals surface area contributed by atoms with Crippen molar-refractivity contribution in [2.45, 2.75) is 0 Å². The highest BCUT2D eigenvalue weighted by Gasteiger charge is 2.30. The van der Waals surface area contributed by atoms with Crippen molar-refractivity contribution in [3.05, 3.63) is 52.3 Å². The number of rotatable bonds is 1. The number of fused-ring (bicyclic) bond motifs is 1. The van der Waals surface area contributed by atoms with Crippen LogP contribution in [0.4, 0.5) is 0 Å². The summed E-state index contributed by atoms with van der Waals surface area (Å²) < 4.78 is 5.58. The van der Waals surface area contributed by atoms with Gasteiger partial charge in [0.25, 0.3) is 0 Å². The average Bonchev–Trinajstić information content (AvgIpc) is 2.83. The molecule has 1 aliphatic rings. The fraction of sp³-hybridized carbons (Fsp3) is 0. The minimum absolute atomic E-state index is 0.00627. The van der Waals surface area contributed by atoms with Crippen molar-refractivity contribution in [1.29, 1.82) is 0 Å². The third kappa shape index (κ3) is 1.64. The topological polar surface area (TPSA) is 60.2 Å². The van der Waals surface area contributed by atoms with Crippen LogP contribution in [0, 0.1) is 0 Å². The van der Waals surface area contributed by atoms with Crippen molar-refractivity contribution in [2.24, 2.45) is 0 Å². The van der Waals surface area contributed by atoms with E-state index in [-0.39, 0.29) is 33.4 Å². The quantitative estimate of drug-likeness (QED) is 0.812. The van der Waals surface area contributed by atoms with Crippen molar-refractivity contribution in [3.8, 4) is 11.5 Å². The van der Waals surface area contributed by atoms with Gasteiger partial charge in [0.2, 0.25) is 23.2 Å². The Balaban J connectivity index is 2.15. The first-order chi connectivity index (χ1) is 8.66. The molecule has 1 aromatic carbocycles. The Kier molecular flexibility index (Phi) is 2.48. The van der Waals surface area contributed by atoms with E-state index >= 15 is 0 Å². The summed E-state index contributed by atoms with van der Waals surface area (Å²) in [6.45, 7) is 0. The van der Waals surface area contributed by atoms with Crippen LogP contribution in [0.15, 0.2) is 45.3 Å². The minimum Gasteiger partial charge on any atom is -0.432 e. The molecule has 5 heteroatoms. The first-order valence-corrected chi connectivity index (χ1v) is 5.98. The zero-order valence-corrected chi connectivity index (χ0v) is 10.6. The van der Waals surface area contributed by atoms with E-state index in [0.717, 1.165) is 5.56 Å². The van der Waals surface area contributed by atoms with Crippen molar-refractivity contribution in [1.82, 2.24) is 4.98 Å². The molecule has 2 aromatic rings. The maximum absolute atomic E-state index is 11.8. The number of Topliss-reactive ketones (excluding diaryl/α,β-unsaturated/α-hetero) is 1. The number of carbonyl (C=O) groups excluding carboxylic acids is 2. The summed E-state index contributed by atoms with van der Waals surface area (Å²) in [6.07, 6.45) is 1.21. The second kappa shape index (κ2) is 4.03. The highest BCUT2D eigenvalue weighted by molar-refractivity contribution is 9.12. The Morgan fingerprint density at radius 3 is 2.56 bits per heavy atom. The highest BCUT2D eigenvalue weighted by atomic mass is 79.9. The van der Waals surface area contributed by atoms with Crippen LogP contribution in [-0.2, 0) is 0 Å². The molecular weight excluding hydrogens is 298 g/mol. The molecule has 0 saturated carbocycles. The lowest BCUT2D eigenvalue weighted by atomic mass is 10.1. The number of aromatic nitrogens is 1. The van der Waals surface area contributed by atoms with Crippen molar-refractivity contribution >= 4 is 27.5 Å². The smallest absolute Gasteiger partial charge is 0.237 e. The largest absolute Gasteiger partial charge is 0.432 e. The maximum Gasteiger partial charge on any atom is 0.237 e. The second-order valence-electron chi connectivity index (χ2n) is 3.75. The maximum atomic E-state index is 11.8.